The molecule has 4 heteroatoms. The first-order chi connectivity index (χ1) is 10.0. The first kappa shape index (κ1) is 14.7. The van der Waals surface area contributed by atoms with E-state index >= 15 is 0 Å². The number of thiazole rings is 1. The predicted molar refractivity (Wildman–Crippen MR) is 88.5 cm³/mol. The molecule has 3 nitrogen and oxygen atoms in total. The third-order valence-electron chi connectivity index (χ3n) is 4.26. The van der Waals surface area contributed by atoms with Crippen LogP contribution in [-0.2, 0) is 6.54 Å². The summed E-state index contributed by atoms with van der Waals surface area (Å²) in [6.07, 6.45) is 0. The van der Waals surface area contributed by atoms with Crippen molar-refractivity contribution in [2.45, 2.75) is 38.9 Å². The molecule has 1 unspecified atom stereocenters. The van der Waals surface area contributed by atoms with Crippen LogP contribution in [0.25, 0.3) is 0 Å². The Labute approximate surface area is 131 Å². The Morgan fingerprint density at radius 1 is 1.33 bits per heavy atom. The van der Waals surface area contributed by atoms with Crippen LogP contribution in [-0.4, -0.2) is 28.5 Å². The number of nitrogens with zero attached hydrogens (tertiary/aromatic N) is 2. The molecule has 1 N–H and O–H groups in total. The van der Waals surface area contributed by atoms with Crippen LogP contribution in [0.2, 0.25) is 0 Å². The van der Waals surface area contributed by atoms with Crippen LogP contribution >= 0.6 is 11.3 Å². The third kappa shape index (κ3) is 3.34. The van der Waals surface area contributed by atoms with Crippen LogP contribution in [0.3, 0.4) is 0 Å². The smallest absolute Gasteiger partial charge is 0.0897 e. The van der Waals surface area contributed by atoms with Gasteiger partial charge in [-0.3, -0.25) is 4.90 Å². The number of piperazine rings is 1. The van der Waals surface area contributed by atoms with E-state index in [1.54, 1.807) is 11.3 Å². The van der Waals surface area contributed by atoms with Crippen LogP contribution in [0.4, 0.5) is 0 Å². The molecule has 0 amide bonds. The lowest BCUT2D eigenvalue weighted by molar-refractivity contribution is 0.0573. The molecular weight excluding hydrogens is 278 g/mol. The van der Waals surface area contributed by atoms with Gasteiger partial charge in [0.05, 0.1) is 10.7 Å². The fourth-order valence-corrected chi connectivity index (χ4v) is 3.48. The minimum Gasteiger partial charge on any atom is -0.307 e. The van der Waals surface area contributed by atoms with Crippen molar-refractivity contribution in [2.24, 2.45) is 0 Å². The molecule has 112 valence electrons. The van der Waals surface area contributed by atoms with Gasteiger partial charge >= 0.3 is 0 Å². The van der Waals surface area contributed by atoms with Crippen molar-refractivity contribution in [1.82, 2.24) is 15.2 Å². The first-order valence-electron chi connectivity index (χ1n) is 7.49. The number of benzene rings is 1. The molecular formula is C17H23N3S. The van der Waals surface area contributed by atoms with E-state index in [2.05, 4.69) is 71.7 Å². The molecule has 1 saturated heterocycles. The topological polar surface area (TPSA) is 28.2 Å². The molecule has 1 aliphatic heterocycles. The summed E-state index contributed by atoms with van der Waals surface area (Å²) < 4.78 is 0. The lowest BCUT2D eigenvalue weighted by Crippen LogP contribution is -2.58. The Morgan fingerprint density at radius 2 is 2.10 bits per heavy atom. The SMILES string of the molecule is Cc1nc(CN2CC(c3ccccc3)NCC2(C)C)cs1. The quantitative estimate of drug-likeness (QED) is 0.942. The second-order valence-corrected chi connectivity index (χ2v) is 7.46. The van der Waals surface area contributed by atoms with E-state index in [-0.39, 0.29) is 5.54 Å². The molecule has 0 aliphatic carbocycles. The van der Waals surface area contributed by atoms with E-state index in [1.807, 2.05) is 0 Å². The van der Waals surface area contributed by atoms with Crippen LogP contribution in [0, 0.1) is 6.92 Å². The monoisotopic (exact) mass is 301 g/mol. The van der Waals surface area contributed by atoms with E-state index in [4.69, 9.17) is 0 Å². The molecule has 1 aliphatic rings. The standard InChI is InChI=1S/C17H23N3S/c1-13-19-15(11-21-13)9-20-10-16(18-12-17(20,2)3)14-7-5-4-6-8-14/h4-8,11,16,18H,9-10,12H2,1-3H3. The number of aryl methyl sites for hydroxylation is 1. The van der Waals surface area contributed by atoms with Gasteiger partial charge in [-0.15, -0.1) is 11.3 Å². The highest BCUT2D eigenvalue weighted by molar-refractivity contribution is 7.09. The summed E-state index contributed by atoms with van der Waals surface area (Å²) in [4.78, 5) is 7.18. The van der Waals surface area contributed by atoms with Gasteiger partial charge in [-0.25, -0.2) is 4.98 Å². The van der Waals surface area contributed by atoms with Crippen molar-refractivity contribution < 1.29 is 0 Å². The fraction of sp³-hybridized carbons (Fsp3) is 0.471. The molecule has 3 rings (SSSR count). The first-order valence-corrected chi connectivity index (χ1v) is 8.37. The average molecular weight is 301 g/mol. The summed E-state index contributed by atoms with van der Waals surface area (Å²) in [5.74, 6) is 0. The zero-order valence-electron chi connectivity index (χ0n) is 13.0. The molecule has 0 saturated carbocycles. The predicted octanol–water partition coefficient (Wildman–Crippen LogP) is 3.38. The van der Waals surface area contributed by atoms with Crippen molar-refractivity contribution in [3.63, 3.8) is 0 Å². The lowest BCUT2D eigenvalue weighted by Gasteiger charge is -2.46. The summed E-state index contributed by atoms with van der Waals surface area (Å²) in [7, 11) is 0. The van der Waals surface area contributed by atoms with Crippen molar-refractivity contribution in [3.05, 3.63) is 52.0 Å². The Balaban J connectivity index is 1.76. The van der Waals surface area contributed by atoms with E-state index < -0.39 is 0 Å². The fourth-order valence-electron chi connectivity index (χ4n) is 2.88. The number of nitrogens with one attached hydrogen (secondary N) is 1. The summed E-state index contributed by atoms with van der Waals surface area (Å²) in [5.41, 5.74) is 2.72. The Hall–Kier alpha value is -1.23. The molecule has 0 bridgehead atoms. The molecule has 2 aromatic rings. The van der Waals surface area contributed by atoms with Crippen LogP contribution in [0.5, 0.6) is 0 Å². The van der Waals surface area contributed by atoms with Crippen LogP contribution in [0.1, 0.15) is 36.2 Å². The molecule has 1 fully saturated rings. The molecule has 1 aromatic heterocycles. The van der Waals surface area contributed by atoms with Crippen molar-refractivity contribution in [3.8, 4) is 0 Å². The van der Waals surface area contributed by atoms with Gasteiger partial charge in [-0.2, -0.15) is 0 Å². The van der Waals surface area contributed by atoms with Gasteiger partial charge in [-0.05, 0) is 26.3 Å². The van der Waals surface area contributed by atoms with Crippen molar-refractivity contribution >= 4 is 11.3 Å². The molecule has 1 aromatic carbocycles. The zero-order valence-corrected chi connectivity index (χ0v) is 13.8. The highest BCUT2D eigenvalue weighted by atomic mass is 32.1. The van der Waals surface area contributed by atoms with E-state index in [0.29, 0.717) is 6.04 Å². The van der Waals surface area contributed by atoms with Gasteiger partial charge in [0.1, 0.15) is 0 Å². The average Bonchev–Trinajstić information content (AvgIpc) is 2.87. The largest absolute Gasteiger partial charge is 0.307 e. The molecule has 1 atom stereocenters. The number of hydrogen-bond donors (Lipinski definition) is 1. The summed E-state index contributed by atoms with van der Waals surface area (Å²) in [6.45, 7) is 9.64. The normalized spacial score (nSPS) is 22.3. The maximum Gasteiger partial charge on any atom is 0.0897 e. The van der Waals surface area contributed by atoms with Gasteiger partial charge in [-0.1, -0.05) is 30.3 Å². The van der Waals surface area contributed by atoms with E-state index in [9.17, 15) is 0 Å². The zero-order chi connectivity index (χ0) is 14.9. The van der Waals surface area contributed by atoms with Gasteiger partial charge in [0.15, 0.2) is 0 Å². The number of rotatable bonds is 3. The highest BCUT2D eigenvalue weighted by Crippen LogP contribution is 2.27. The molecule has 0 radical (unpaired) electrons. The van der Waals surface area contributed by atoms with E-state index in [0.717, 1.165) is 24.6 Å². The molecule has 2 heterocycles. The Bertz CT molecular complexity index is 591. The highest BCUT2D eigenvalue weighted by Gasteiger charge is 2.34. The molecule has 0 spiro atoms. The second kappa shape index (κ2) is 5.87. The van der Waals surface area contributed by atoms with Crippen LogP contribution in [0.15, 0.2) is 35.7 Å². The number of aromatic nitrogens is 1. The van der Waals surface area contributed by atoms with Crippen LogP contribution < -0.4 is 5.32 Å². The second-order valence-electron chi connectivity index (χ2n) is 6.39. The lowest BCUT2D eigenvalue weighted by atomic mass is 9.94. The summed E-state index contributed by atoms with van der Waals surface area (Å²) >= 11 is 1.74. The van der Waals surface area contributed by atoms with Gasteiger partial charge in [0.25, 0.3) is 0 Å². The maximum absolute atomic E-state index is 4.62. The van der Waals surface area contributed by atoms with Gasteiger partial charge in [0.2, 0.25) is 0 Å². The van der Waals surface area contributed by atoms with Gasteiger partial charge < -0.3 is 5.32 Å². The Morgan fingerprint density at radius 3 is 2.76 bits per heavy atom. The van der Waals surface area contributed by atoms with E-state index in [1.165, 1.54) is 11.3 Å². The Kier molecular flexibility index (Phi) is 4.11. The molecule has 21 heavy (non-hydrogen) atoms. The summed E-state index contributed by atoms with van der Waals surface area (Å²) in [5, 5.41) is 7.02. The van der Waals surface area contributed by atoms with Gasteiger partial charge in [0, 0.05) is 36.6 Å². The van der Waals surface area contributed by atoms with Crippen molar-refractivity contribution in [2.75, 3.05) is 13.1 Å². The minimum absolute atomic E-state index is 0.156. The third-order valence-corrected chi connectivity index (χ3v) is 5.08. The maximum atomic E-state index is 4.62. The minimum atomic E-state index is 0.156. The summed E-state index contributed by atoms with van der Waals surface area (Å²) in [6, 6.07) is 11.1. The number of hydrogen-bond acceptors (Lipinski definition) is 4. The van der Waals surface area contributed by atoms with Crippen molar-refractivity contribution in [1.29, 1.82) is 0 Å².